The summed E-state index contributed by atoms with van der Waals surface area (Å²) in [5, 5.41) is 17.0. The Balaban J connectivity index is 1.21. The zero-order chi connectivity index (χ0) is 31.0. The Bertz CT molecular complexity index is 1780. The Labute approximate surface area is 256 Å². The zero-order valence-corrected chi connectivity index (χ0v) is 25.4. The SMILES string of the molecule is C/C=C(/C)c1ccccc1CCNC(=O)c1cc(C2CC2)n2nc(-c3ccc(N4CC[C@@](C)(CC(=O)O)C4)cc3F)cc2n1. The standard InChI is InChI=1S/C35H38FN5O3/c1-4-22(2)26-8-6-5-7-23(26)13-15-37-34(44)30-18-31(24-9-10-24)41-32(38-30)19-29(39-41)27-12-11-25(17-28(27)36)40-16-14-35(3,21-40)20-33(42)43/h4-8,11-12,17-19,24H,9-10,13-16,20-21H2,1-3H3,(H,37,44)(H,42,43)/b22-4-/t35-/m0/s1. The number of carbonyl (C=O) groups excluding carboxylic acids is 1. The van der Waals surface area contributed by atoms with E-state index in [0.29, 0.717) is 48.7 Å². The minimum Gasteiger partial charge on any atom is -0.481 e. The van der Waals surface area contributed by atoms with Crippen LogP contribution in [0.2, 0.25) is 0 Å². The van der Waals surface area contributed by atoms with Crippen LogP contribution in [-0.4, -0.2) is 51.2 Å². The third-order valence-corrected chi connectivity index (χ3v) is 8.97. The summed E-state index contributed by atoms with van der Waals surface area (Å²) < 4.78 is 17.3. The lowest BCUT2D eigenvalue weighted by molar-refractivity contribution is -0.139. The van der Waals surface area contributed by atoms with E-state index in [0.717, 1.165) is 30.6 Å². The first-order valence-electron chi connectivity index (χ1n) is 15.3. The average molecular weight is 596 g/mol. The van der Waals surface area contributed by atoms with Gasteiger partial charge in [-0.1, -0.05) is 37.3 Å². The highest BCUT2D eigenvalue weighted by molar-refractivity contribution is 5.93. The van der Waals surface area contributed by atoms with Gasteiger partial charge in [0.2, 0.25) is 0 Å². The molecule has 0 radical (unpaired) electrons. The molecular formula is C35H38FN5O3. The number of allylic oxidation sites excluding steroid dienone is 2. The van der Waals surface area contributed by atoms with Crippen molar-refractivity contribution in [2.45, 2.75) is 58.8 Å². The number of aliphatic carboxylic acids is 1. The fourth-order valence-corrected chi connectivity index (χ4v) is 6.26. The maximum atomic E-state index is 15.5. The van der Waals surface area contributed by atoms with Gasteiger partial charge in [-0.3, -0.25) is 9.59 Å². The first-order valence-corrected chi connectivity index (χ1v) is 15.3. The second-order valence-corrected chi connectivity index (χ2v) is 12.5. The molecular weight excluding hydrogens is 557 g/mol. The van der Waals surface area contributed by atoms with Crippen molar-refractivity contribution in [2.24, 2.45) is 5.41 Å². The Morgan fingerprint density at radius 2 is 1.95 bits per heavy atom. The average Bonchev–Trinajstić information content (AvgIpc) is 3.64. The van der Waals surface area contributed by atoms with Gasteiger partial charge in [-0.2, -0.15) is 5.10 Å². The summed E-state index contributed by atoms with van der Waals surface area (Å²) in [4.78, 5) is 31.2. The molecule has 3 heterocycles. The summed E-state index contributed by atoms with van der Waals surface area (Å²) in [5.74, 6) is -1.17. The molecule has 6 rings (SSSR count). The third kappa shape index (κ3) is 6.09. The molecule has 1 amide bonds. The lowest BCUT2D eigenvalue weighted by Crippen LogP contribution is -2.27. The van der Waals surface area contributed by atoms with Gasteiger partial charge in [-0.05, 0) is 85.9 Å². The predicted molar refractivity (Wildman–Crippen MR) is 169 cm³/mol. The quantitative estimate of drug-likeness (QED) is 0.217. The van der Waals surface area contributed by atoms with Crippen LogP contribution in [0.5, 0.6) is 0 Å². The van der Waals surface area contributed by atoms with Gasteiger partial charge in [0, 0.05) is 48.6 Å². The highest BCUT2D eigenvalue weighted by Gasteiger charge is 2.36. The summed E-state index contributed by atoms with van der Waals surface area (Å²) in [6.45, 7) is 7.79. The number of carboxylic acids is 1. The number of carboxylic acid groups (broad SMARTS) is 1. The van der Waals surface area contributed by atoms with Crippen LogP contribution >= 0.6 is 0 Å². The van der Waals surface area contributed by atoms with Crippen LogP contribution < -0.4 is 10.2 Å². The summed E-state index contributed by atoms with van der Waals surface area (Å²) >= 11 is 0. The Kier molecular flexibility index (Phi) is 7.97. The van der Waals surface area contributed by atoms with Crippen molar-refractivity contribution < 1.29 is 19.1 Å². The number of anilines is 1. The second-order valence-electron chi connectivity index (χ2n) is 12.5. The molecule has 1 aliphatic heterocycles. The molecule has 4 aromatic rings. The molecule has 9 heteroatoms. The number of rotatable bonds is 10. The van der Waals surface area contributed by atoms with E-state index in [1.165, 1.54) is 22.8 Å². The van der Waals surface area contributed by atoms with E-state index >= 15 is 4.39 Å². The van der Waals surface area contributed by atoms with E-state index in [-0.39, 0.29) is 23.7 Å². The van der Waals surface area contributed by atoms with Gasteiger partial charge < -0.3 is 15.3 Å². The van der Waals surface area contributed by atoms with Crippen LogP contribution in [0.1, 0.15) is 79.7 Å². The van der Waals surface area contributed by atoms with Crippen molar-refractivity contribution in [3.63, 3.8) is 0 Å². The molecule has 2 aliphatic rings. The van der Waals surface area contributed by atoms with Crippen LogP contribution in [-0.2, 0) is 11.2 Å². The van der Waals surface area contributed by atoms with E-state index in [1.807, 2.05) is 43.0 Å². The fourth-order valence-electron chi connectivity index (χ4n) is 6.26. The van der Waals surface area contributed by atoms with E-state index in [2.05, 4.69) is 35.4 Å². The molecule has 228 valence electrons. The molecule has 1 saturated heterocycles. The van der Waals surface area contributed by atoms with Gasteiger partial charge >= 0.3 is 5.97 Å². The minimum absolute atomic E-state index is 0.0891. The molecule has 2 aromatic carbocycles. The van der Waals surface area contributed by atoms with Crippen molar-refractivity contribution in [2.75, 3.05) is 24.5 Å². The fraction of sp³-hybridized carbons (Fsp3) is 0.371. The second kappa shape index (κ2) is 11.9. The summed E-state index contributed by atoms with van der Waals surface area (Å²) in [6, 6.07) is 16.8. The Morgan fingerprint density at radius 1 is 1.16 bits per heavy atom. The van der Waals surface area contributed by atoms with Crippen LogP contribution in [0.25, 0.3) is 22.5 Å². The van der Waals surface area contributed by atoms with Crippen molar-refractivity contribution in [1.82, 2.24) is 19.9 Å². The maximum absolute atomic E-state index is 15.5. The number of hydrogen-bond donors (Lipinski definition) is 2. The molecule has 1 atom stereocenters. The van der Waals surface area contributed by atoms with E-state index in [1.54, 1.807) is 16.6 Å². The smallest absolute Gasteiger partial charge is 0.303 e. The lowest BCUT2D eigenvalue weighted by Gasteiger charge is -2.24. The molecule has 0 unspecified atom stereocenters. The van der Waals surface area contributed by atoms with Crippen molar-refractivity contribution in [3.8, 4) is 11.3 Å². The van der Waals surface area contributed by atoms with Gasteiger partial charge in [0.15, 0.2) is 5.65 Å². The molecule has 2 fully saturated rings. The van der Waals surface area contributed by atoms with Gasteiger partial charge in [-0.25, -0.2) is 13.9 Å². The number of aromatic nitrogens is 3. The Hall–Kier alpha value is -4.53. The monoisotopic (exact) mass is 595 g/mol. The van der Waals surface area contributed by atoms with E-state index in [4.69, 9.17) is 5.10 Å². The molecule has 8 nitrogen and oxygen atoms in total. The summed E-state index contributed by atoms with van der Waals surface area (Å²) in [7, 11) is 0. The molecule has 0 bridgehead atoms. The van der Waals surface area contributed by atoms with Crippen LogP contribution in [0.4, 0.5) is 10.1 Å². The van der Waals surface area contributed by atoms with Gasteiger partial charge in [0.1, 0.15) is 11.5 Å². The van der Waals surface area contributed by atoms with Crippen LogP contribution in [0, 0.1) is 11.2 Å². The van der Waals surface area contributed by atoms with E-state index in [9.17, 15) is 14.7 Å². The van der Waals surface area contributed by atoms with Gasteiger partial charge in [0.05, 0.1) is 12.1 Å². The van der Waals surface area contributed by atoms with Gasteiger partial charge in [0.25, 0.3) is 5.91 Å². The van der Waals surface area contributed by atoms with E-state index < -0.39 is 11.8 Å². The predicted octanol–water partition coefficient (Wildman–Crippen LogP) is 6.50. The largest absolute Gasteiger partial charge is 0.481 e. The number of nitrogens with zero attached hydrogens (tertiary/aromatic N) is 4. The topological polar surface area (TPSA) is 99.8 Å². The number of fused-ring (bicyclic) bond motifs is 1. The van der Waals surface area contributed by atoms with Crippen molar-refractivity contribution in [3.05, 3.63) is 89.0 Å². The molecule has 2 N–H and O–H groups in total. The number of halogens is 1. The minimum atomic E-state index is -0.816. The van der Waals surface area contributed by atoms with Crippen LogP contribution in [0.3, 0.4) is 0 Å². The maximum Gasteiger partial charge on any atom is 0.303 e. The first kappa shape index (κ1) is 29.5. The number of carbonyl (C=O) groups is 2. The first-order chi connectivity index (χ1) is 21.1. The number of hydrogen-bond acceptors (Lipinski definition) is 5. The normalized spacial score (nSPS) is 18.6. The Morgan fingerprint density at radius 3 is 2.68 bits per heavy atom. The summed E-state index contributed by atoms with van der Waals surface area (Å²) in [5.41, 5.74) is 6.51. The molecule has 1 aliphatic carbocycles. The molecule has 0 spiro atoms. The summed E-state index contributed by atoms with van der Waals surface area (Å²) in [6.07, 6.45) is 5.64. The van der Waals surface area contributed by atoms with Gasteiger partial charge in [-0.15, -0.1) is 0 Å². The number of benzene rings is 2. The molecule has 2 aromatic heterocycles. The molecule has 1 saturated carbocycles. The zero-order valence-electron chi connectivity index (χ0n) is 25.4. The number of nitrogens with one attached hydrogen (secondary N) is 1. The van der Waals surface area contributed by atoms with Crippen molar-refractivity contribution in [1.29, 1.82) is 0 Å². The number of amides is 1. The third-order valence-electron chi connectivity index (χ3n) is 8.97. The van der Waals surface area contributed by atoms with Crippen molar-refractivity contribution >= 4 is 28.8 Å². The highest BCUT2D eigenvalue weighted by atomic mass is 19.1. The highest BCUT2D eigenvalue weighted by Crippen LogP contribution is 2.41. The van der Waals surface area contributed by atoms with Crippen LogP contribution in [0.15, 0.2) is 60.7 Å². The lowest BCUT2D eigenvalue weighted by atomic mass is 9.86. The molecule has 44 heavy (non-hydrogen) atoms.